The van der Waals surface area contributed by atoms with Crippen molar-refractivity contribution in [2.45, 2.75) is 0 Å². The van der Waals surface area contributed by atoms with Crippen molar-refractivity contribution in [2.24, 2.45) is 15.4 Å². The lowest BCUT2D eigenvalue weighted by Gasteiger charge is -2.03. The summed E-state index contributed by atoms with van der Waals surface area (Å²) in [5.74, 6) is -7.59. The van der Waals surface area contributed by atoms with Crippen LogP contribution in [0.25, 0.3) is 0 Å². The van der Waals surface area contributed by atoms with Crippen LogP contribution in [0.4, 0.5) is 40.3 Å². The first-order valence-corrected chi connectivity index (χ1v) is 5.42. The highest BCUT2D eigenvalue weighted by Crippen LogP contribution is 2.35. The monoisotopic (exact) mass is 298 g/mol. The molecule has 0 amide bonds. The van der Waals surface area contributed by atoms with E-state index < -0.39 is 34.6 Å². The van der Waals surface area contributed by atoms with Crippen molar-refractivity contribution in [1.82, 2.24) is 0 Å². The van der Waals surface area contributed by atoms with Gasteiger partial charge in [-0.1, -0.05) is 0 Å². The third-order valence-corrected chi connectivity index (χ3v) is 2.47. The van der Waals surface area contributed by atoms with Gasteiger partial charge in [-0.05, 0) is 29.4 Å². The normalized spacial score (nSPS) is 11.0. The van der Waals surface area contributed by atoms with E-state index >= 15 is 0 Å². The predicted molar refractivity (Wildman–Crippen MR) is 66.8 cm³/mol. The van der Waals surface area contributed by atoms with Gasteiger partial charge in [-0.3, -0.25) is 0 Å². The molecule has 108 valence electrons. The quantitative estimate of drug-likeness (QED) is 0.294. The number of nitrogens with zero attached hydrogens (tertiary/aromatic N) is 3. The minimum atomic E-state index is -1.94. The van der Waals surface area contributed by atoms with Crippen LogP contribution in [-0.4, -0.2) is 0 Å². The molecule has 2 rings (SSSR count). The van der Waals surface area contributed by atoms with Gasteiger partial charge in [0.25, 0.3) is 0 Å². The minimum absolute atomic E-state index is 0.154. The van der Waals surface area contributed by atoms with E-state index in [0.717, 1.165) is 0 Å². The maximum Gasteiger partial charge on any atom is 0.193 e. The first kappa shape index (κ1) is 14.6. The second kappa shape index (κ2) is 5.65. The van der Waals surface area contributed by atoms with Gasteiger partial charge in [0.1, 0.15) is 0 Å². The number of rotatable bonds is 3. The van der Waals surface area contributed by atoms with Gasteiger partial charge in [0.15, 0.2) is 34.6 Å². The molecule has 2 aromatic rings. The van der Waals surface area contributed by atoms with Crippen molar-refractivity contribution >= 4 is 22.7 Å². The van der Waals surface area contributed by atoms with Gasteiger partial charge < -0.3 is 5.73 Å². The fourth-order valence-corrected chi connectivity index (χ4v) is 1.43. The van der Waals surface area contributed by atoms with Crippen LogP contribution < -0.4 is 5.73 Å². The number of benzene rings is 2. The maximum atomic E-state index is 13.5. The number of hydrogen-bond donors (Lipinski definition) is 1. The van der Waals surface area contributed by atoms with Crippen LogP contribution in [0, 0.1) is 28.2 Å². The van der Waals surface area contributed by atoms with Crippen molar-refractivity contribution in [2.75, 3.05) is 5.73 Å². The summed E-state index contributed by atoms with van der Waals surface area (Å²) < 4.78 is 53.6. The van der Waals surface area contributed by atoms with Gasteiger partial charge in [0.2, 0.25) is 0 Å². The van der Waals surface area contributed by atoms with E-state index in [1.807, 2.05) is 5.18 Å². The topological polar surface area (TPSA) is 80.2 Å². The number of hydrogen-bond acceptors (Lipinski definition) is 5. The number of nitrogens with two attached hydrogens (primary N) is 1. The van der Waals surface area contributed by atoms with Crippen LogP contribution in [0.15, 0.2) is 39.7 Å². The highest BCUT2D eigenvalue weighted by atomic mass is 19.2. The molecule has 21 heavy (non-hydrogen) atoms. The molecular formula is C12H6F4N4O. The highest BCUT2D eigenvalue weighted by Gasteiger charge is 2.26. The Bertz CT molecular complexity index is 702. The standard InChI is InChI=1S/C12H6F4N4O/c13-7-9(15)12(20-21)10(16)8(14)11(7)19-18-6-3-1-5(17)2-4-6/h1-4H,17H2. The summed E-state index contributed by atoms with van der Waals surface area (Å²) in [7, 11) is 0. The number of nitrogen functional groups attached to an aromatic ring is 1. The molecule has 9 heteroatoms. The number of anilines is 1. The van der Waals surface area contributed by atoms with Gasteiger partial charge in [-0.2, -0.15) is 5.11 Å². The van der Waals surface area contributed by atoms with Crippen molar-refractivity contribution in [3.63, 3.8) is 0 Å². The van der Waals surface area contributed by atoms with E-state index in [2.05, 4.69) is 10.2 Å². The Morgan fingerprint density at radius 3 is 1.71 bits per heavy atom. The Labute approximate surface area is 115 Å². The average Bonchev–Trinajstić information content (AvgIpc) is 2.48. The number of halogens is 4. The van der Waals surface area contributed by atoms with Crippen molar-refractivity contribution < 1.29 is 17.6 Å². The summed E-state index contributed by atoms with van der Waals surface area (Å²) in [6.07, 6.45) is 0. The van der Waals surface area contributed by atoms with E-state index in [4.69, 9.17) is 5.73 Å². The molecule has 0 spiro atoms. The molecule has 0 fully saturated rings. The molecule has 0 bridgehead atoms. The molecule has 0 radical (unpaired) electrons. The van der Waals surface area contributed by atoms with Crippen LogP contribution >= 0.6 is 0 Å². The van der Waals surface area contributed by atoms with Gasteiger partial charge in [-0.15, -0.1) is 10.0 Å². The summed E-state index contributed by atoms with van der Waals surface area (Å²) in [4.78, 5) is 10.1. The van der Waals surface area contributed by atoms with Crippen LogP contribution in [-0.2, 0) is 0 Å². The Balaban J connectivity index is 2.50. The fourth-order valence-electron chi connectivity index (χ4n) is 1.43. The van der Waals surface area contributed by atoms with E-state index in [1.165, 1.54) is 24.3 Å². The van der Waals surface area contributed by atoms with Crippen LogP contribution in [0.5, 0.6) is 0 Å². The fraction of sp³-hybridized carbons (Fsp3) is 0. The first-order valence-electron chi connectivity index (χ1n) is 5.42. The van der Waals surface area contributed by atoms with Crippen LogP contribution in [0.2, 0.25) is 0 Å². The number of nitroso groups, excluding NO2 is 1. The third-order valence-electron chi connectivity index (χ3n) is 2.47. The third kappa shape index (κ3) is 2.71. The first-order chi connectivity index (χ1) is 9.95. The molecule has 0 aliphatic carbocycles. The molecule has 0 saturated carbocycles. The van der Waals surface area contributed by atoms with Gasteiger partial charge >= 0.3 is 0 Å². The molecular weight excluding hydrogens is 292 g/mol. The molecule has 0 aromatic heterocycles. The Kier molecular flexibility index (Phi) is 3.92. The summed E-state index contributed by atoms with van der Waals surface area (Å²) in [6, 6.07) is 5.65. The number of azo groups is 1. The molecule has 0 heterocycles. The zero-order valence-corrected chi connectivity index (χ0v) is 10.1. The van der Waals surface area contributed by atoms with E-state index in [-0.39, 0.29) is 5.69 Å². The summed E-state index contributed by atoms with van der Waals surface area (Å²) in [5.41, 5.74) is 3.11. The van der Waals surface area contributed by atoms with E-state index in [0.29, 0.717) is 5.69 Å². The second-order valence-corrected chi connectivity index (χ2v) is 3.84. The van der Waals surface area contributed by atoms with Gasteiger partial charge in [0.05, 0.1) is 5.69 Å². The second-order valence-electron chi connectivity index (χ2n) is 3.84. The van der Waals surface area contributed by atoms with Crippen molar-refractivity contribution in [3.05, 3.63) is 52.4 Å². The molecule has 2 aromatic carbocycles. The SMILES string of the molecule is Nc1ccc(N=Nc2c(F)c(F)c(N=O)c(F)c2F)cc1. The molecule has 0 saturated heterocycles. The molecule has 0 aliphatic rings. The molecule has 2 N–H and O–H groups in total. The van der Waals surface area contributed by atoms with Crippen molar-refractivity contribution in [1.29, 1.82) is 0 Å². The Morgan fingerprint density at radius 2 is 1.24 bits per heavy atom. The van der Waals surface area contributed by atoms with Gasteiger partial charge in [0, 0.05) is 5.69 Å². The molecule has 5 nitrogen and oxygen atoms in total. The Hall–Kier alpha value is -2.84. The van der Waals surface area contributed by atoms with E-state index in [1.54, 1.807) is 0 Å². The maximum absolute atomic E-state index is 13.5. The summed E-state index contributed by atoms with van der Waals surface area (Å²) in [6.45, 7) is 0. The predicted octanol–water partition coefficient (Wildman–Crippen LogP) is 4.64. The average molecular weight is 298 g/mol. The zero-order valence-electron chi connectivity index (χ0n) is 10.1. The Morgan fingerprint density at radius 1 is 0.762 bits per heavy atom. The molecule has 0 aliphatic heterocycles. The minimum Gasteiger partial charge on any atom is -0.399 e. The lowest BCUT2D eigenvalue weighted by molar-refractivity contribution is 0.460. The smallest absolute Gasteiger partial charge is 0.193 e. The van der Waals surface area contributed by atoms with E-state index in [9.17, 15) is 22.5 Å². The summed E-state index contributed by atoms with van der Waals surface area (Å²) >= 11 is 0. The lowest BCUT2D eigenvalue weighted by Crippen LogP contribution is -1.95. The summed E-state index contributed by atoms with van der Waals surface area (Å²) in [5, 5.41) is 8.43. The zero-order chi connectivity index (χ0) is 15.6. The molecule has 0 atom stereocenters. The van der Waals surface area contributed by atoms with Gasteiger partial charge in [-0.25, -0.2) is 17.6 Å². The van der Waals surface area contributed by atoms with Crippen LogP contribution in [0.1, 0.15) is 0 Å². The highest BCUT2D eigenvalue weighted by molar-refractivity contribution is 5.53. The lowest BCUT2D eigenvalue weighted by atomic mass is 10.2. The molecule has 0 unspecified atom stereocenters. The van der Waals surface area contributed by atoms with Crippen molar-refractivity contribution in [3.8, 4) is 0 Å². The largest absolute Gasteiger partial charge is 0.399 e. The van der Waals surface area contributed by atoms with Crippen LogP contribution in [0.3, 0.4) is 0 Å².